The monoisotopic (exact) mass is 447 g/mol. The van der Waals surface area contributed by atoms with Crippen LogP contribution in [-0.4, -0.2) is 39.9 Å². The van der Waals surface area contributed by atoms with Crippen LogP contribution < -0.4 is 15.2 Å². The number of para-hydroxylation sites is 1. The highest BCUT2D eigenvalue weighted by Crippen LogP contribution is 2.38. The van der Waals surface area contributed by atoms with Gasteiger partial charge < -0.3 is 14.7 Å². The zero-order chi connectivity index (χ0) is 23.1. The second kappa shape index (κ2) is 8.12. The molecule has 1 aromatic heterocycles. The predicted octanol–water partition coefficient (Wildman–Crippen LogP) is 3.17. The van der Waals surface area contributed by atoms with Gasteiger partial charge in [-0.25, -0.2) is 4.39 Å². The topological polar surface area (TPSA) is 75.0 Å². The zero-order valence-corrected chi connectivity index (χ0v) is 17.9. The van der Waals surface area contributed by atoms with E-state index in [2.05, 4.69) is 0 Å². The number of aromatic nitrogens is 1. The van der Waals surface area contributed by atoms with Crippen LogP contribution in [0.3, 0.4) is 0 Å². The first kappa shape index (κ1) is 20.8. The number of carbonyl (C=O) groups is 1. The van der Waals surface area contributed by atoms with Crippen LogP contribution in [-0.2, 0) is 0 Å². The lowest BCUT2D eigenvalue weighted by Gasteiger charge is -2.45. The summed E-state index contributed by atoms with van der Waals surface area (Å²) in [6.07, 6.45) is 4.98. The van der Waals surface area contributed by atoms with Crippen LogP contribution in [0.5, 0.6) is 11.5 Å². The van der Waals surface area contributed by atoms with Crippen molar-refractivity contribution in [2.75, 3.05) is 18.3 Å². The Morgan fingerprint density at radius 3 is 2.64 bits per heavy atom. The number of carbonyl (C=O) groups excluding carboxylic acids is 1. The number of ether oxygens (including phenoxy) is 1. The molecule has 2 atom stereocenters. The van der Waals surface area contributed by atoms with E-state index in [9.17, 15) is 19.1 Å². The Bertz CT molecular complexity index is 1300. The Hall–Kier alpha value is -4.07. The molecule has 0 saturated carbocycles. The lowest BCUT2D eigenvalue weighted by atomic mass is 9.96. The molecular weight excluding hydrogens is 425 g/mol. The van der Waals surface area contributed by atoms with Crippen LogP contribution in [0.2, 0.25) is 0 Å². The van der Waals surface area contributed by atoms with Crippen molar-refractivity contribution in [3.05, 3.63) is 106 Å². The Morgan fingerprint density at radius 2 is 1.85 bits per heavy atom. The molecule has 3 heterocycles. The Morgan fingerprint density at radius 1 is 1.06 bits per heavy atom. The highest BCUT2D eigenvalue weighted by molar-refractivity contribution is 5.96. The van der Waals surface area contributed by atoms with E-state index in [0.717, 1.165) is 5.56 Å². The molecule has 2 aromatic carbocycles. The second-order valence-corrected chi connectivity index (χ2v) is 8.03. The van der Waals surface area contributed by atoms with Gasteiger partial charge in [-0.2, -0.15) is 0 Å². The fourth-order valence-corrected chi connectivity index (χ4v) is 4.40. The summed E-state index contributed by atoms with van der Waals surface area (Å²) in [4.78, 5) is 27.1. The van der Waals surface area contributed by atoms with E-state index in [1.54, 1.807) is 29.2 Å². The van der Waals surface area contributed by atoms with Crippen molar-refractivity contribution in [2.24, 2.45) is 0 Å². The molecule has 1 N–H and O–H groups in total. The largest absolute Gasteiger partial charge is 0.502 e. The Labute approximate surface area is 189 Å². The highest BCUT2D eigenvalue weighted by atomic mass is 19.1. The average molecular weight is 447 g/mol. The fraction of sp³-hybridized carbons (Fsp3) is 0.200. The van der Waals surface area contributed by atoms with Gasteiger partial charge in [0.15, 0.2) is 23.0 Å². The van der Waals surface area contributed by atoms with Crippen molar-refractivity contribution in [1.82, 2.24) is 9.58 Å². The first-order valence-electron chi connectivity index (χ1n) is 10.6. The number of nitrogens with zero attached hydrogens (tertiary/aromatic N) is 3. The summed E-state index contributed by atoms with van der Waals surface area (Å²) >= 11 is 0. The first-order valence-corrected chi connectivity index (χ1v) is 10.6. The van der Waals surface area contributed by atoms with Gasteiger partial charge >= 0.3 is 0 Å². The standard InChI is InChI=1S/C25H22FN3O4/c1-16-7-6-14-33-24-18(10-5-11-19(24)26)21(17-8-3-2-4-9-17)29-15-27(16)25(32)22-23(31)20(30)12-13-28(22)29/h2-13,16,21,31H,14-15H2,1H3/b7-6+/t16-,21+/m1/s1. The minimum Gasteiger partial charge on any atom is -0.502 e. The third kappa shape index (κ3) is 3.44. The van der Waals surface area contributed by atoms with E-state index < -0.39 is 28.9 Å². The van der Waals surface area contributed by atoms with Crippen LogP contribution in [0.15, 0.2) is 77.7 Å². The quantitative estimate of drug-likeness (QED) is 0.580. The van der Waals surface area contributed by atoms with Gasteiger partial charge in [-0.1, -0.05) is 48.5 Å². The summed E-state index contributed by atoms with van der Waals surface area (Å²) in [5, 5.41) is 12.4. The number of pyridine rings is 1. The van der Waals surface area contributed by atoms with Crippen molar-refractivity contribution in [1.29, 1.82) is 0 Å². The minimum atomic E-state index is -0.644. The maximum atomic E-state index is 15.0. The third-order valence-electron chi connectivity index (χ3n) is 6.03. The summed E-state index contributed by atoms with van der Waals surface area (Å²) in [5.74, 6) is -1.47. The number of aromatic hydroxyl groups is 1. The van der Waals surface area contributed by atoms with Gasteiger partial charge in [-0.15, -0.1) is 0 Å². The summed E-state index contributed by atoms with van der Waals surface area (Å²) in [6.45, 7) is 2.09. The minimum absolute atomic E-state index is 0.112. The summed E-state index contributed by atoms with van der Waals surface area (Å²) in [7, 11) is 0. The number of hydrogen-bond donors (Lipinski definition) is 1. The fourth-order valence-electron chi connectivity index (χ4n) is 4.40. The van der Waals surface area contributed by atoms with Gasteiger partial charge in [0, 0.05) is 23.9 Å². The van der Waals surface area contributed by atoms with E-state index in [1.807, 2.05) is 42.3 Å². The van der Waals surface area contributed by atoms with E-state index >= 15 is 0 Å². The molecule has 0 fully saturated rings. The molecule has 1 amide bonds. The third-order valence-corrected chi connectivity index (χ3v) is 6.03. The summed E-state index contributed by atoms with van der Waals surface area (Å²) in [6, 6.07) is 14.4. The van der Waals surface area contributed by atoms with Crippen LogP contribution >= 0.6 is 0 Å². The molecule has 2 aliphatic rings. The lowest BCUT2D eigenvalue weighted by molar-refractivity contribution is 0.0643. The zero-order valence-electron chi connectivity index (χ0n) is 17.9. The van der Waals surface area contributed by atoms with Crippen molar-refractivity contribution in [3.8, 4) is 11.5 Å². The van der Waals surface area contributed by atoms with Crippen molar-refractivity contribution in [3.63, 3.8) is 0 Å². The van der Waals surface area contributed by atoms with Crippen molar-refractivity contribution in [2.45, 2.75) is 19.0 Å². The Balaban J connectivity index is 1.83. The first-order chi connectivity index (χ1) is 16.0. The molecule has 33 heavy (non-hydrogen) atoms. The molecule has 7 nitrogen and oxygen atoms in total. The van der Waals surface area contributed by atoms with Gasteiger partial charge in [0.25, 0.3) is 5.91 Å². The van der Waals surface area contributed by atoms with Crippen molar-refractivity contribution >= 4 is 5.91 Å². The normalized spacial score (nSPS) is 20.8. The Kier molecular flexibility index (Phi) is 5.12. The highest BCUT2D eigenvalue weighted by Gasteiger charge is 2.39. The van der Waals surface area contributed by atoms with Gasteiger partial charge in [0.2, 0.25) is 5.43 Å². The molecule has 2 aliphatic heterocycles. The van der Waals surface area contributed by atoms with Crippen LogP contribution in [0.25, 0.3) is 0 Å². The smallest absolute Gasteiger partial charge is 0.278 e. The maximum absolute atomic E-state index is 15.0. The molecular formula is C25H22FN3O4. The average Bonchev–Trinajstić information content (AvgIpc) is 2.84. The molecule has 0 radical (unpaired) electrons. The molecule has 0 saturated heterocycles. The maximum Gasteiger partial charge on any atom is 0.278 e. The van der Waals surface area contributed by atoms with Gasteiger partial charge in [0.1, 0.15) is 19.3 Å². The summed E-state index contributed by atoms with van der Waals surface area (Å²) in [5.41, 5.74) is 0.608. The van der Waals surface area contributed by atoms with Crippen LogP contribution in [0, 0.1) is 5.82 Å². The van der Waals surface area contributed by atoms with Gasteiger partial charge in [0.05, 0.1) is 0 Å². The van der Waals surface area contributed by atoms with E-state index in [1.165, 1.54) is 23.0 Å². The molecule has 8 heteroatoms. The van der Waals surface area contributed by atoms with E-state index in [4.69, 9.17) is 4.74 Å². The predicted molar refractivity (Wildman–Crippen MR) is 120 cm³/mol. The number of benzene rings is 2. The lowest BCUT2D eigenvalue weighted by Crippen LogP contribution is -2.57. The second-order valence-electron chi connectivity index (χ2n) is 8.03. The van der Waals surface area contributed by atoms with Gasteiger partial charge in [-0.05, 0) is 24.6 Å². The number of rotatable bonds is 1. The number of hydrogen-bond acceptors (Lipinski definition) is 5. The molecule has 0 aliphatic carbocycles. The molecule has 2 bridgehead atoms. The molecule has 0 unspecified atom stereocenters. The van der Waals surface area contributed by atoms with Gasteiger partial charge in [-0.3, -0.25) is 19.3 Å². The van der Waals surface area contributed by atoms with E-state index in [0.29, 0.717) is 5.56 Å². The number of halogens is 1. The molecule has 3 aromatic rings. The summed E-state index contributed by atoms with van der Waals surface area (Å²) < 4.78 is 22.3. The van der Waals surface area contributed by atoms with Crippen LogP contribution in [0.4, 0.5) is 4.39 Å². The van der Waals surface area contributed by atoms with Crippen molar-refractivity contribution < 1.29 is 19.0 Å². The number of amides is 1. The molecule has 5 rings (SSSR count). The molecule has 0 spiro atoms. The number of fused-ring (bicyclic) bond motifs is 5. The van der Waals surface area contributed by atoms with Crippen LogP contribution in [0.1, 0.15) is 34.6 Å². The molecule has 168 valence electrons. The SMILES string of the molecule is C[C@@H]1/C=C/COc2c(F)cccc2[C@H](c2ccccc2)N2CN1C(=O)c1c(O)c(=O)ccn12. The van der Waals surface area contributed by atoms with E-state index in [-0.39, 0.29) is 30.8 Å².